The first-order valence-corrected chi connectivity index (χ1v) is 8.29. The molecule has 1 atom stereocenters. The van der Waals surface area contributed by atoms with Crippen molar-refractivity contribution in [2.45, 2.75) is 46.3 Å². The van der Waals surface area contributed by atoms with Crippen LogP contribution in [0.5, 0.6) is 0 Å². The summed E-state index contributed by atoms with van der Waals surface area (Å²) >= 11 is 0. The van der Waals surface area contributed by atoms with E-state index in [0.717, 1.165) is 31.2 Å². The van der Waals surface area contributed by atoms with Crippen LogP contribution in [-0.2, 0) is 13.1 Å². The van der Waals surface area contributed by atoms with E-state index in [4.69, 9.17) is 0 Å². The topological polar surface area (TPSA) is 42.7 Å². The predicted octanol–water partition coefficient (Wildman–Crippen LogP) is 4.00. The van der Waals surface area contributed by atoms with Gasteiger partial charge in [-0.2, -0.15) is 0 Å². The Bertz CT molecular complexity index is 791. The number of aryl methyl sites for hydroxylation is 1. The molecule has 1 N–H and O–H groups in total. The minimum Gasteiger partial charge on any atom is -0.314 e. The van der Waals surface area contributed by atoms with Crippen LogP contribution >= 0.6 is 0 Å². The summed E-state index contributed by atoms with van der Waals surface area (Å²) in [6.07, 6.45) is 1.09. The largest absolute Gasteiger partial charge is 0.314 e. The van der Waals surface area contributed by atoms with Crippen molar-refractivity contribution < 1.29 is 0 Å². The number of aromatic nitrogens is 3. The first-order valence-electron chi connectivity index (χ1n) is 8.29. The molecule has 0 amide bonds. The molecule has 0 radical (unpaired) electrons. The van der Waals surface area contributed by atoms with Crippen molar-refractivity contribution in [2.24, 2.45) is 0 Å². The molecule has 0 unspecified atom stereocenters. The maximum absolute atomic E-state index is 4.30. The Morgan fingerprint density at radius 1 is 1.09 bits per heavy atom. The van der Waals surface area contributed by atoms with Crippen LogP contribution in [-0.4, -0.2) is 14.8 Å². The average molecular weight is 308 g/mol. The number of benzene rings is 2. The molecule has 0 aliphatic rings. The molecule has 120 valence electrons. The minimum atomic E-state index is 0.270. The third-order valence-electron chi connectivity index (χ3n) is 4.30. The van der Waals surface area contributed by atoms with E-state index in [1.54, 1.807) is 0 Å². The number of nitrogens with zero attached hydrogens (tertiary/aromatic N) is 3. The van der Waals surface area contributed by atoms with Gasteiger partial charge < -0.3 is 9.88 Å². The van der Waals surface area contributed by atoms with E-state index in [1.807, 2.05) is 6.92 Å². The summed E-state index contributed by atoms with van der Waals surface area (Å²) in [5, 5.41) is 14.6. The van der Waals surface area contributed by atoms with Crippen LogP contribution in [0.1, 0.15) is 43.5 Å². The molecule has 3 aromatic rings. The second-order valence-corrected chi connectivity index (χ2v) is 6.02. The van der Waals surface area contributed by atoms with Crippen LogP contribution in [0.4, 0.5) is 0 Å². The molecule has 4 nitrogen and oxygen atoms in total. The zero-order valence-corrected chi connectivity index (χ0v) is 14.1. The van der Waals surface area contributed by atoms with Gasteiger partial charge in [-0.15, -0.1) is 10.2 Å². The van der Waals surface area contributed by atoms with Crippen molar-refractivity contribution >= 4 is 10.8 Å². The van der Waals surface area contributed by atoms with E-state index < -0.39 is 0 Å². The quantitative estimate of drug-likeness (QED) is 0.748. The highest BCUT2D eigenvalue weighted by Gasteiger charge is 2.11. The van der Waals surface area contributed by atoms with Crippen LogP contribution in [0.3, 0.4) is 0 Å². The van der Waals surface area contributed by atoms with Gasteiger partial charge >= 0.3 is 0 Å². The van der Waals surface area contributed by atoms with Crippen LogP contribution in [0.25, 0.3) is 10.8 Å². The second-order valence-electron chi connectivity index (χ2n) is 6.02. The summed E-state index contributed by atoms with van der Waals surface area (Å²) in [6, 6.07) is 15.4. The zero-order valence-electron chi connectivity index (χ0n) is 14.1. The number of hydrogen-bond donors (Lipinski definition) is 1. The van der Waals surface area contributed by atoms with Gasteiger partial charge in [-0.25, -0.2) is 0 Å². The SMILES string of the molecule is CCCn1c(C)nnc1CN[C@@H](C)c1ccc2ccccc2c1. The Labute approximate surface area is 137 Å². The highest BCUT2D eigenvalue weighted by molar-refractivity contribution is 5.83. The first-order chi connectivity index (χ1) is 11.2. The van der Waals surface area contributed by atoms with Crippen LogP contribution in [0, 0.1) is 6.92 Å². The zero-order chi connectivity index (χ0) is 16.2. The van der Waals surface area contributed by atoms with Gasteiger partial charge in [0.2, 0.25) is 0 Å². The Morgan fingerprint density at radius 2 is 1.87 bits per heavy atom. The fraction of sp³-hybridized carbons (Fsp3) is 0.368. The van der Waals surface area contributed by atoms with E-state index in [2.05, 4.69) is 76.4 Å². The van der Waals surface area contributed by atoms with Crippen LogP contribution in [0.2, 0.25) is 0 Å². The van der Waals surface area contributed by atoms with Gasteiger partial charge in [0, 0.05) is 12.6 Å². The molecule has 0 bridgehead atoms. The van der Waals surface area contributed by atoms with Gasteiger partial charge in [-0.3, -0.25) is 0 Å². The van der Waals surface area contributed by atoms with Gasteiger partial charge in [-0.05, 0) is 42.7 Å². The molecule has 0 aliphatic carbocycles. The second kappa shape index (κ2) is 6.92. The first kappa shape index (κ1) is 15.7. The summed E-state index contributed by atoms with van der Waals surface area (Å²) in [5.74, 6) is 2.00. The van der Waals surface area contributed by atoms with Crippen LogP contribution < -0.4 is 5.32 Å². The summed E-state index contributed by atoms with van der Waals surface area (Å²) in [6.45, 7) is 8.08. The Hall–Kier alpha value is -2.20. The number of hydrogen-bond acceptors (Lipinski definition) is 3. The molecule has 0 aliphatic heterocycles. The lowest BCUT2D eigenvalue weighted by Gasteiger charge is -2.15. The van der Waals surface area contributed by atoms with Crippen molar-refractivity contribution in [3.63, 3.8) is 0 Å². The standard InChI is InChI=1S/C19H24N4/c1-4-11-23-15(3)21-22-19(23)13-20-14(2)17-10-9-16-7-5-6-8-18(16)12-17/h5-10,12,14,20H,4,11,13H2,1-3H3/t14-/m0/s1. The lowest BCUT2D eigenvalue weighted by molar-refractivity contribution is 0.529. The molecular weight excluding hydrogens is 284 g/mol. The molecule has 3 rings (SSSR count). The highest BCUT2D eigenvalue weighted by Crippen LogP contribution is 2.20. The van der Waals surface area contributed by atoms with E-state index in [-0.39, 0.29) is 6.04 Å². The fourth-order valence-corrected chi connectivity index (χ4v) is 2.91. The fourth-order valence-electron chi connectivity index (χ4n) is 2.91. The summed E-state index contributed by atoms with van der Waals surface area (Å²) in [7, 11) is 0. The molecule has 1 aromatic heterocycles. The molecule has 0 fully saturated rings. The van der Waals surface area contributed by atoms with E-state index in [0.29, 0.717) is 0 Å². The van der Waals surface area contributed by atoms with E-state index >= 15 is 0 Å². The van der Waals surface area contributed by atoms with E-state index in [9.17, 15) is 0 Å². The summed E-state index contributed by atoms with van der Waals surface area (Å²) in [4.78, 5) is 0. The van der Waals surface area contributed by atoms with Gasteiger partial charge in [-0.1, -0.05) is 43.3 Å². The molecule has 0 saturated carbocycles. The van der Waals surface area contributed by atoms with Gasteiger partial charge in [0.1, 0.15) is 11.6 Å². The van der Waals surface area contributed by atoms with Gasteiger partial charge in [0.15, 0.2) is 0 Å². The predicted molar refractivity (Wildman–Crippen MR) is 94.3 cm³/mol. The third-order valence-corrected chi connectivity index (χ3v) is 4.30. The lowest BCUT2D eigenvalue weighted by atomic mass is 10.0. The molecule has 2 aromatic carbocycles. The minimum absolute atomic E-state index is 0.270. The van der Waals surface area contributed by atoms with Crippen molar-refractivity contribution in [3.05, 3.63) is 59.7 Å². The lowest BCUT2D eigenvalue weighted by Crippen LogP contribution is -2.21. The molecule has 0 spiro atoms. The monoisotopic (exact) mass is 308 g/mol. The molecule has 1 heterocycles. The van der Waals surface area contributed by atoms with Crippen molar-refractivity contribution in [3.8, 4) is 0 Å². The van der Waals surface area contributed by atoms with Gasteiger partial charge in [0.25, 0.3) is 0 Å². The Balaban J connectivity index is 1.72. The summed E-state index contributed by atoms with van der Waals surface area (Å²) < 4.78 is 2.19. The van der Waals surface area contributed by atoms with Crippen molar-refractivity contribution in [1.29, 1.82) is 0 Å². The Kier molecular flexibility index (Phi) is 4.72. The average Bonchev–Trinajstić information content (AvgIpc) is 2.93. The smallest absolute Gasteiger partial charge is 0.147 e. The highest BCUT2D eigenvalue weighted by atomic mass is 15.3. The number of fused-ring (bicyclic) bond motifs is 1. The number of rotatable bonds is 6. The third kappa shape index (κ3) is 3.42. The maximum Gasteiger partial charge on any atom is 0.147 e. The molecule has 4 heteroatoms. The van der Waals surface area contributed by atoms with Crippen molar-refractivity contribution in [1.82, 2.24) is 20.1 Å². The summed E-state index contributed by atoms with van der Waals surface area (Å²) in [5.41, 5.74) is 1.29. The van der Waals surface area contributed by atoms with Gasteiger partial charge in [0.05, 0.1) is 6.54 Å². The Morgan fingerprint density at radius 3 is 2.65 bits per heavy atom. The molecular formula is C19H24N4. The normalized spacial score (nSPS) is 12.7. The number of nitrogens with one attached hydrogen (secondary N) is 1. The molecule has 23 heavy (non-hydrogen) atoms. The van der Waals surface area contributed by atoms with Crippen LogP contribution in [0.15, 0.2) is 42.5 Å². The molecule has 0 saturated heterocycles. The van der Waals surface area contributed by atoms with E-state index in [1.165, 1.54) is 16.3 Å². The van der Waals surface area contributed by atoms with Crippen molar-refractivity contribution in [2.75, 3.05) is 0 Å². The maximum atomic E-state index is 4.30.